The average Bonchev–Trinajstić information content (AvgIpc) is 3.01. The highest BCUT2D eigenvalue weighted by Crippen LogP contribution is 2.33. The van der Waals surface area contributed by atoms with Crippen molar-refractivity contribution in [3.63, 3.8) is 0 Å². The molecule has 7 nitrogen and oxygen atoms in total. The van der Waals surface area contributed by atoms with Crippen molar-refractivity contribution in [1.29, 1.82) is 0 Å². The Morgan fingerprint density at radius 2 is 2.26 bits per heavy atom. The van der Waals surface area contributed by atoms with Gasteiger partial charge < -0.3 is 15.5 Å². The zero-order valence-electron chi connectivity index (χ0n) is 10.2. The molecule has 1 aliphatic rings. The van der Waals surface area contributed by atoms with Crippen LogP contribution >= 0.6 is 0 Å². The van der Waals surface area contributed by atoms with Crippen molar-refractivity contribution in [3.8, 4) is 0 Å². The summed E-state index contributed by atoms with van der Waals surface area (Å²) in [6, 6.07) is 3.69. The molecule has 2 atom stereocenters. The van der Waals surface area contributed by atoms with Crippen molar-refractivity contribution < 1.29 is 13.8 Å². The van der Waals surface area contributed by atoms with Crippen molar-refractivity contribution in [2.75, 3.05) is 11.1 Å². The molecule has 1 saturated carbocycles. The monoisotopic (exact) mass is 262 g/mol. The number of nitrogens with zero attached hydrogens (tertiary/aromatic N) is 2. The minimum absolute atomic E-state index is 0.0365. The molecule has 2 aromatic heterocycles. The van der Waals surface area contributed by atoms with Crippen LogP contribution in [0.2, 0.25) is 0 Å². The van der Waals surface area contributed by atoms with Crippen LogP contribution < -0.4 is 11.1 Å². The molecule has 0 amide bonds. The average molecular weight is 262 g/mol. The molecule has 3 rings (SSSR count). The summed E-state index contributed by atoms with van der Waals surface area (Å²) < 4.78 is 9.90. The highest BCUT2D eigenvalue weighted by Gasteiger charge is 2.30. The largest absolute Gasteiger partial charge is 0.469 e. The highest BCUT2D eigenvalue weighted by molar-refractivity contribution is 5.81. The van der Waals surface area contributed by atoms with E-state index in [-0.39, 0.29) is 23.6 Å². The van der Waals surface area contributed by atoms with Crippen LogP contribution in [-0.2, 0) is 4.79 Å². The number of rotatable bonds is 3. The number of Topliss-reactive ketones (excluding diaryl/α,β-unsaturated/α-hetero) is 1. The number of carbonyl (C=O) groups excluding carboxylic acids is 1. The number of nitrogens with one attached hydrogen (secondary N) is 1. The molecule has 1 aliphatic carbocycles. The molecule has 3 N–H and O–H groups in total. The van der Waals surface area contributed by atoms with Gasteiger partial charge in [-0.25, -0.2) is 4.63 Å². The van der Waals surface area contributed by atoms with Gasteiger partial charge in [-0.3, -0.25) is 4.79 Å². The highest BCUT2D eigenvalue weighted by atomic mass is 16.6. The molecular weight excluding hydrogens is 248 g/mol. The van der Waals surface area contributed by atoms with Crippen LogP contribution in [0.3, 0.4) is 0 Å². The third-order valence-corrected chi connectivity index (χ3v) is 3.32. The van der Waals surface area contributed by atoms with Gasteiger partial charge in [0.2, 0.25) is 11.6 Å². The number of hydrogen-bond donors (Lipinski definition) is 2. The van der Waals surface area contributed by atoms with E-state index in [2.05, 4.69) is 20.3 Å². The predicted octanol–water partition coefficient (Wildman–Crippen LogP) is 1.56. The van der Waals surface area contributed by atoms with E-state index in [1.807, 2.05) is 12.1 Å². The van der Waals surface area contributed by atoms with E-state index >= 15 is 0 Å². The first kappa shape index (κ1) is 11.8. The maximum atomic E-state index is 11.8. The lowest BCUT2D eigenvalue weighted by molar-refractivity contribution is -0.121. The smallest absolute Gasteiger partial charge is 0.215 e. The Hall–Kier alpha value is -2.31. The second-order valence-corrected chi connectivity index (χ2v) is 4.73. The number of nitrogen functional groups attached to an aromatic ring is 1. The fourth-order valence-corrected chi connectivity index (χ4v) is 2.48. The molecule has 0 aromatic carbocycles. The lowest BCUT2D eigenvalue weighted by Crippen LogP contribution is -2.31. The molecule has 0 aliphatic heterocycles. The molecule has 7 heteroatoms. The minimum atomic E-state index is -0.0365. The molecular formula is C12H14N4O3. The van der Waals surface area contributed by atoms with Gasteiger partial charge >= 0.3 is 0 Å². The van der Waals surface area contributed by atoms with E-state index in [1.165, 1.54) is 0 Å². The lowest BCUT2D eigenvalue weighted by Gasteiger charge is -2.27. The molecule has 2 aromatic rings. The summed E-state index contributed by atoms with van der Waals surface area (Å²) in [6.45, 7) is 0. The number of anilines is 2. The van der Waals surface area contributed by atoms with Gasteiger partial charge in [0.05, 0.1) is 6.26 Å². The minimum Gasteiger partial charge on any atom is -0.469 e. The summed E-state index contributed by atoms with van der Waals surface area (Å²) in [6.07, 6.45) is 3.36. The topological polar surface area (TPSA) is 107 Å². The summed E-state index contributed by atoms with van der Waals surface area (Å²) in [5, 5.41) is 10.3. The first-order valence-corrected chi connectivity index (χ1v) is 6.12. The number of carbonyl (C=O) groups is 1. The van der Waals surface area contributed by atoms with E-state index in [9.17, 15) is 4.79 Å². The number of hydrogen-bond acceptors (Lipinski definition) is 7. The van der Waals surface area contributed by atoms with Gasteiger partial charge in [-0.2, -0.15) is 0 Å². The second kappa shape index (κ2) is 4.75. The van der Waals surface area contributed by atoms with E-state index in [0.29, 0.717) is 18.7 Å². The molecule has 0 spiro atoms. The summed E-state index contributed by atoms with van der Waals surface area (Å²) in [7, 11) is 0. The van der Waals surface area contributed by atoms with Gasteiger partial charge in [-0.05, 0) is 28.9 Å². The van der Waals surface area contributed by atoms with Gasteiger partial charge in [0.1, 0.15) is 11.5 Å². The first-order chi connectivity index (χ1) is 9.22. The molecule has 1 fully saturated rings. The molecule has 0 saturated heterocycles. The Morgan fingerprint density at radius 1 is 1.37 bits per heavy atom. The third-order valence-electron chi connectivity index (χ3n) is 3.32. The summed E-state index contributed by atoms with van der Waals surface area (Å²) >= 11 is 0. The van der Waals surface area contributed by atoms with Gasteiger partial charge in [-0.15, -0.1) is 0 Å². The van der Waals surface area contributed by atoms with Gasteiger partial charge in [-0.1, -0.05) is 0 Å². The lowest BCUT2D eigenvalue weighted by atomic mass is 9.83. The second-order valence-electron chi connectivity index (χ2n) is 4.73. The van der Waals surface area contributed by atoms with Crippen LogP contribution in [0.5, 0.6) is 0 Å². The van der Waals surface area contributed by atoms with Crippen LogP contribution in [0.25, 0.3) is 0 Å². The van der Waals surface area contributed by atoms with E-state index in [1.54, 1.807) is 6.26 Å². The fraction of sp³-hybridized carbons (Fsp3) is 0.417. The number of aromatic nitrogens is 2. The van der Waals surface area contributed by atoms with Crippen molar-refractivity contribution in [3.05, 3.63) is 24.2 Å². The zero-order valence-corrected chi connectivity index (χ0v) is 10.2. The Kier molecular flexibility index (Phi) is 2.94. The van der Waals surface area contributed by atoms with Crippen molar-refractivity contribution in [1.82, 2.24) is 10.3 Å². The van der Waals surface area contributed by atoms with E-state index in [0.717, 1.165) is 12.2 Å². The van der Waals surface area contributed by atoms with Crippen LogP contribution in [-0.4, -0.2) is 22.1 Å². The fourth-order valence-electron chi connectivity index (χ4n) is 2.48. The molecule has 0 bridgehead atoms. The van der Waals surface area contributed by atoms with Crippen LogP contribution in [0.1, 0.15) is 30.9 Å². The molecule has 100 valence electrons. The third kappa shape index (κ3) is 2.44. The van der Waals surface area contributed by atoms with E-state index in [4.69, 9.17) is 10.2 Å². The Labute approximate surface area is 109 Å². The normalized spacial score (nSPS) is 23.5. The van der Waals surface area contributed by atoms with Crippen molar-refractivity contribution in [2.45, 2.75) is 31.2 Å². The molecule has 19 heavy (non-hydrogen) atoms. The van der Waals surface area contributed by atoms with Gasteiger partial charge in [0.25, 0.3) is 0 Å². The zero-order chi connectivity index (χ0) is 13.2. The van der Waals surface area contributed by atoms with Crippen molar-refractivity contribution in [2.24, 2.45) is 0 Å². The standard InChI is InChI=1S/C12H14N4O3/c13-11-12(16-19-15-11)14-8-4-7(5-9(17)6-8)10-2-1-3-18-10/h1-3,7-8H,4-6H2,(H2,13,15)(H,14,16)/t7-,8-/m1/s1. The van der Waals surface area contributed by atoms with Crippen LogP contribution in [0, 0.1) is 0 Å². The predicted molar refractivity (Wildman–Crippen MR) is 66.4 cm³/mol. The van der Waals surface area contributed by atoms with Crippen LogP contribution in [0.4, 0.5) is 11.6 Å². The quantitative estimate of drug-likeness (QED) is 0.864. The maximum Gasteiger partial charge on any atom is 0.215 e. The molecule has 0 radical (unpaired) electrons. The number of nitrogens with two attached hydrogens (primary N) is 1. The van der Waals surface area contributed by atoms with Crippen molar-refractivity contribution >= 4 is 17.4 Å². The Bertz CT molecular complexity index is 563. The van der Waals surface area contributed by atoms with Gasteiger partial charge in [0.15, 0.2) is 0 Å². The Morgan fingerprint density at radius 3 is 2.95 bits per heavy atom. The molecule has 2 heterocycles. The molecule has 0 unspecified atom stereocenters. The summed E-state index contributed by atoms with van der Waals surface area (Å²) in [5.41, 5.74) is 5.59. The van der Waals surface area contributed by atoms with Crippen LogP contribution in [0.15, 0.2) is 27.4 Å². The number of ketones is 1. The number of furan rings is 1. The SMILES string of the molecule is Nc1nonc1N[C@H]1CC(=O)C[C@H](c2ccco2)C1. The summed E-state index contributed by atoms with van der Waals surface area (Å²) in [4.78, 5) is 11.8. The maximum absolute atomic E-state index is 11.8. The van der Waals surface area contributed by atoms with E-state index < -0.39 is 0 Å². The Balaban J connectivity index is 1.72. The first-order valence-electron chi connectivity index (χ1n) is 6.12. The summed E-state index contributed by atoms with van der Waals surface area (Å²) in [5.74, 6) is 1.71. The van der Waals surface area contributed by atoms with Gasteiger partial charge in [0, 0.05) is 24.8 Å².